The number of carbonyl (C=O) groups is 2. The summed E-state index contributed by atoms with van der Waals surface area (Å²) in [5, 5.41) is 6.59. The summed E-state index contributed by atoms with van der Waals surface area (Å²) in [4.78, 5) is 27.4. The highest BCUT2D eigenvalue weighted by Crippen LogP contribution is 2.06. The van der Waals surface area contributed by atoms with Crippen molar-refractivity contribution in [2.24, 2.45) is 0 Å². The number of pyridine rings is 1. The highest BCUT2D eigenvalue weighted by Gasteiger charge is 2.17. The van der Waals surface area contributed by atoms with Crippen molar-refractivity contribution in [3.63, 3.8) is 0 Å². The van der Waals surface area contributed by atoms with Crippen LogP contribution in [0.3, 0.4) is 0 Å². The van der Waals surface area contributed by atoms with E-state index in [9.17, 15) is 9.59 Å². The molecule has 104 valence electrons. The van der Waals surface area contributed by atoms with Crippen molar-refractivity contribution in [3.05, 3.63) is 42.4 Å². The van der Waals surface area contributed by atoms with E-state index in [1.807, 2.05) is 0 Å². The highest BCUT2D eigenvalue weighted by molar-refractivity contribution is 5.96. The Labute approximate surface area is 115 Å². The Bertz CT molecular complexity index is 610. The second-order valence-corrected chi connectivity index (χ2v) is 4.07. The molecule has 2 aromatic rings. The van der Waals surface area contributed by atoms with Gasteiger partial charge in [-0.1, -0.05) is 0 Å². The Morgan fingerprint density at radius 2 is 2.20 bits per heavy atom. The van der Waals surface area contributed by atoms with Gasteiger partial charge in [-0.2, -0.15) is 5.10 Å². The summed E-state index contributed by atoms with van der Waals surface area (Å²) in [6, 6.07) is 4.20. The van der Waals surface area contributed by atoms with E-state index in [-0.39, 0.29) is 5.91 Å². The Hall–Kier alpha value is -2.70. The number of rotatable bonds is 4. The van der Waals surface area contributed by atoms with Gasteiger partial charge in [-0.15, -0.1) is 0 Å². The van der Waals surface area contributed by atoms with Gasteiger partial charge in [-0.3, -0.25) is 4.79 Å². The lowest BCUT2D eigenvalue weighted by molar-refractivity contribution is -0.142. The minimum atomic E-state index is -0.714. The smallest absolute Gasteiger partial charge is 0.328 e. The van der Waals surface area contributed by atoms with Crippen LogP contribution < -0.4 is 5.32 Å². The van der Waals surface area contributed by atoms with Gasteiger partial charge >= 0.3 is 5.97 Å². The minimum Gasteiger partial charge on any atom is -0.467 e. The van der Waals surface area contributed by atoms with E-state index in [4.69, 9.17) is 0 Å². The van der Waals surface area contributed by atoms with Crippen molar-refractivity contribution in [1.82, 2.24) is 20.1 Å². The molecule has 0 spiro atoms. The SMILES string of the molecule is COC(=O)[C@@H](C)NC(=O)c1ccnc(-n2cccn2)c1. The zero-order chi connectivity index (χ0) is 14.5. The fraction of sp³-hybridized carbons (Fsp3) is 0.231. The van der Waals surface area contributed by atoms with Gasteiger partial charge in [0.2, 0.25) is 0 Å². The Balaban J connectivity index is 2.15. The van der Waals surface area contributed by atoms with Crippen molar-refractivity contribution >= 4 is 11.9 Å². The summed E-state index contributed by atoms with van der Waals surface area (Å²) in [5.41, 5.74) is 0.390. The first-order chi connectivity index (χ1) is 9.61. The number of ether oxygens (including phenoxy) is 1. The largest absolute Gasteiger partial charge is 0.467 e. The van der Waals surface area contributed by atoms with Crippen LogP contribution in [0.15, 0.2) is 36.8 Å². The molecule has 0 unspecified atom stereocenters. The van der Waals surface area contributed by atoms with E-state index in [1.165, 1.54) is 13.3 Å². The number of aromatic nitrogens is 3. The van der Waals surface area contributed by atoms with Gasteiger partial charge in [-0.05, 0) is 25.1 Å². The molecule has 20 heavy (non-hydrogen) atoms. The van der Waals surface area contributed by atoms with Gasteiger partial charge in [0.05, 0.1) is 7.11 Å². The van der Waals surface area contributed by atoms with Crippen molar-refractivity contribution in [3.8, 4) is 5.82 Å². The number of hydrogen-bond donors (Lipinski definition) is 1. The van der Waals surface area contributed by atoms with Gasteiger partial charge in [0.15, 0.2) is 5.82 Å². The number of methoxy groups -OCH3 is 1. The fourth-order valence-electron chi connectivity index (χ4n) is 1.60. The van der Waals surface area contributed by atoms with E-state index >= 15 is 0 Å². The van der Waals surface area contributed by atoms with Crippen LogP contribution in [0.1, 0.15) is 17.3 Å². The molecule has 2 heterocycles. The van der Waals surface area contributed by atoms with Crippen molar-refractivity contribution < 1.29 is 14.3 Å². The third-order valence-corrected chi connectivity index (χ3v) is 2.65. The fourth-order valence-corrected chi connectivity index (χ4v) is 1.60. The molecule has 0 fully saturated rings. The Morgan fingerprint density at radius 1 is 1.40 bits per heavy atom. The monoisotopic (exact) mass is 274 g/mol. The lowest BCUT2D eigenvalue weighted by Crippen LogP contribution is -2.39. The molecule has 1 amide bonds. The number of nitrogens with one attached hydrogen (secondary N) is 1. The second-order valence-electron chi connectivity index (χ2n) is 4.07. The summed E-state index contributed by atoms with van der Waals surface area (Å²) in [5.74, 6) is -0.355. The van der Waals surface area contributed by atoms with Gasteiger partial charge in [0, 0.05) is 24.2 Å². The predicted molar refractivity (Wildman–Crippen MR) is 70.3 cm³/mol. The molecule has 0 radical (unpaired) electrons. The first kappa shape index (κ1) is 13.7. The Morgan fingerprint density at radius 3 is 2.85 bits per heavy atom. The van der Waals surface area contributed by atoms with Gasteiger partial charge in [0.1, 0.15) is 6.04 Å². The number of amides is 1. The summed E-state index contributed by atoms with van der Waals surface area (Å²) in [6.07, 6.45) is 4.85. The van der Waals surface area contributed by atoms with Crippen molar-refractivity contribution in [2.45, 2.75) is 13.0 Å². The van der Waals surface area contributed by atoms with E-state index < -0.39 is 12.0 Å². The molecule has 2 aromatic heterocycles. The molecular formula is C13H14N4O3. The summed E-state index contributed by atoms with van der Waals surface area (Å²) < 4.78 is 6.09. The maximum Gasteiger partial charge on any atom is 0.328 e. The number of nitrogens with zero attached hydrogens (tertiary/aromatic N) is 3. The molecule has 0 saturated carbocycles. The van der Waals surface area contributed by atoms with E-state index in [2.05, 4.69) is 20.1 Å². The van der Waals surface area contributed by atoms with Crippen LogP contribution >= 0.6 is 0 Å². The van der Waals surface area contributed by atoms with Gasteiger partial charge < -0.3 is 10.1 Å². The molecule has 0 aliphatic rings. The van der Waals surface area contributed by atoms with Crippen molar-refractivity contribution in [2.75, 3.05) is 7.11 Å². The Kier molecular flexibility index (Phi) is 4.09. The molecule has 2 rings (SSSR count). The molecule has 0 aromatic carbocycles. The van der Waals surface area contributed by atoms with Crippen LogP contribution in [0.5, 0.6) is 0 Å². The standard InChI is InChI=1S/C13H14N4O3/c1-9(13(19)20-2)16-12(18)10-4-6-14-11(8-10)17-7-3-5-15-17/h3-9H,1-2H3,(H,16,18)/t9-/m1/s1. The lowest BCUT2D eigenvalue weighted by atomic mass is 10.2. The van der Waals surface area contributed by atoms with E-state index in [0.717, 1.165) is 0 Å². The predicted octanol–water partition coefficient (Wildman–Crippen LogP) is 0.559. The first-order valence-corrected chi connectivity index (χ1v) is 5.96. The van der Waals surface area contributed by atoms with E-state index in [0.29, 0.717) is 11.4 Å². The average molecular weight is 274 g/mol. The topological polar surface area (TPSA) is 86.1 Å². The molecule has 0 aliphatic carbocycles. The van der Waals surface area contributed by atoms with E-state index in [1.54, 1.807) is 42.2 Å². The van der Waals surface area contributed by atoms with Crippen molar-refractivity contribution in [1.29, 1.82) is 0 Å². The van der Waals surface area contributed by atoms with Gasteiger partial charge in [-0.25, -0.2) is 14.5 Å². The molecule has 7 nitrogen and oxygen atoms in total. The molecule has 7 heteroatoms. The third-order valence-electron chi connectivity index (χ3n) is 2.65. The summed E-state index contributed by atoms with van der Waals surface area (Å²) in [7, 11) is 1.27. The maximum absolute atomic E-state index is 12.0. The number of carbonyl (C=O) groups excluding carboxylic acids is 2. The quantitative estimate of drug-likeness (QED) is 0.823. The average Bonchev–Trinajstić information content (AvgIpc) is 3.00. The summed E-state index contributed by atoms with van der Waals surface area (Å²) >= 11 is 0. The molecule has 0 bridgehead atoms. The minimum absolute atomic E-state index is 0.376. The highest BCUT2D eigenvalue weighted by atomic mass is 16.5. The normalized spacial score (nSPS) is 11.7. The maximum atomic E-state index is 12.0. The van der Waals surface area contributed by atoms with Gasteiger partial charge in [0.25, 0.3) is 5.91 Å². The molecule has 1 atom stereocenters. The zero-order valence-electron chi connectivity index (χ0n) is 11.1. The second kappa shape index (κ2) is 5.96. The van der Waals surface area contributed by atoms with Crippen LogP contribution in [0.25, 0.3) is 5.82 Å². The first-order valence-electron chi connectivity index (χ1n) is 5.96. The number of hydrogen-bond acceptors (Lipinski definition) is 5. The van der Waals surface area contributed by atoms with Crippen LogP contribution in [0.2, 0.25) is 0 Å². The van der Waals surface area contributed by atoms with Crippen LogP contribution in [0, 0.1) is 0 Å². The number of esters is 1. The molecule has 0 aliphatic heterocycles. The van der Waals surface area contributed by atoms with Crippen LogP contribution in [0.4, 0.5) is 0 Å². The molecule has 1 N–H and O–H groups in total. The third kappa shape index (κ3) is 3.00. The zero-order valence-corrected chi connectivity index (χ0v) is 11.1. The lowest BCUT2D eigenvalue weighted by Gasteiger charge is -2.11. The molecular weight excluding hydrogens is 260 g/mol. The molecule has 0 saturated heterocycles. The van der Waals surface area contributed by atoms with Crippen LogP contribution in [-0.2, 0) is 9.53 Å². The summed E-state index contributed by atoms with van der Waals surface area (Å²) in [6.45, 7) is 1.55. The van der Waals surface area contributed by atoms with Crippen LogP contribution in [-0.4, -0.2) is 39.8 Å².